The zero-order valence-corrected chi connectivity index (χ0v) is 9.48. The molecule has 7 nitrogen and oxygen atoms in total. The van der Waals surface area contributed by atoms with Crippen LogP contribution in [0.2, 0.25) is 0 Å². The smallest absolute Gasteiger partial charge is 0.394 e. The molecule has 0 aliphatic carbocycles. The van der Waals surface area contributed by atoms with Crippen LogP contribution in [0.1, 0.15) is 12.6 Å². The van der Waals surface area contributed by atoms with Crippen molar-refractivity contribution in [2.75, 3.05) is 12.3 Å². The Bertz CT molecular complexity index is 473. The highest BCUT2D eigenvalue weighted by Crippen LogP contribution is 2.23. The summed E-state index contributed by atoms with van der Waals surface area (Å²) in [5, 5.41) is 18.6. The van der Waals surface area contributed by atoms with Crippen molar-refractivity contribution in [1.29, 1.82) is 0 Å². The maximum absolute atomic E-state index is 11.9. The molecule has 1 fully saturated rings. The summed E-state index contributed by atoms with van der Waals surface area (Å²) in [6.07, 6.45) is -0.180. The van der Waals surface area contributed by atoms with Gasteiger partial charge in [-0.3, -0.25) is 0 Å². The fourth-order valence-corrected chi connectivity index (χ4v) is 1.89. The molecule has 0 aromatic carbocycles. The number of anilines is 1. The van der Waals surface area contributed by atoms with Crippen LogP contribution in [-0.2, 0) is 11.8 Å². The van der Waals surface area contributed by atoms with Crippen molar-refractivity contribution in [2.24, 2.45) is 7.05 Å². The van der Waals surface area contributed by atoms with Crippen LogP contribution >= 0.6 is 0 Å². The molecule has 1 saturated heterocycles. The molecule has 1 aliphatic rings. The quantitative estimate of drug-likeness (QED) is 0.515. The number of hydrogen-bond donors (Lipinski definition) is 3. The number of aliphatic hydroxyl groups excluding tert-OH is 2. The van der Waals surface area contributed by atoms with Crippen molar-refractivity contribution in [3.8, 4) is 0 Å². The standard InChI is InChI=1S/C10H15N3O4/c1-12-8(11)2-3-13(10(12)16)9-4-6(15)7(5-14)17-9/h2-3,6-7,9,11,14-15H,4-5H2,1H3/p+1/t6-,7+,9+/m0/s1. The number of aromatic nitrogens is 2. The van der Waals surface area contributed by atoms with Gasteiger partial charge < -0.3 is 20.7 Å². The lowest BCUT2D eigenvalue weighted by atomic mass is 10.2. The van der Waals surface area contributed by atoms with E-state index in [-0.39, 0.29) is 18.7 Å². The molecule has 1 aromatic rings. The summed E-state index contributed by atoms with van der Waals surface area (Å²) in [5.74, 6) is 0.350. The van der Waals surface area contributed by atoms with Crippen LogP contribution in [0.15, 0.2) is 17.1 Å². The van der Waals surface area contributed by atoms with Gasteiger partial charge in [0.1, 0.15) is 12.3 Å². The number of hydrogen-bond acceptors (Lipinski definition) is 5. The number of ether oxygens (including phenoxy) is 1. The van der Waals surface area contributed by atoms with E-state index in [9.17, 15) is 9.90 Å². The van der Waals surface area contributed by atoms with E-state index >= 15 is 0 Å². The molecule has 0 spiro atoms. The summed E-state index contributed by atoms with van der Waals surface area (Å²) in [6, 6.07) is 1.59. The van der Waals surface area contributed by atoms with Crippen LogP contribution in [-0.4, -0.2) is 33.6 Å². The van der Waals surface area contributed by atoms with Gasteiger partial charge in [-0.25, -0.2) is 0 Å². The first kappa shape index (κ1) is 12.0. The van der Waals surface area contributed by atoms with Gasteiger partial charge >= 0.3 is 5.69 Å². The molecule has 7 heteroatoms. The third kappa shape index (κ3) is 2.04. The lowest BCUT2D eigenvalue weighted by Crippen LogP contribution is -2.56. The second-order valence-corrected chi connectivity index (χ2v) is 4.10. The maximum Gasteiger partial charge on any atom is 0.501 e. The summed E-state index contributed by atoms with van der Waals surface area (Å²) >= 11 is 0. The third-order valence-electron chi connectivity index (χ3n) is 3.00. The second kappa shape index (κ2) is 4.44. The molecule has 0 bridgehead atoms. The summed E-state index contributed by atoms with van der Waals surface area (Å²) in [6.45, 7) is -0.270. The van der Waals surface area contributed by atoms with E-state index < -0.39 is 18.4 Å². The second-order valence-electron chi connectivity index (χ2n) is 4.10. The van der Waals surface area contributed by atoms with Gasteiger partial charge in [0.15, 0.2) is 5.82 Å². The zero-order valence-electron chi connectivity index (χ0n) is 9.48. The average molecular weight is 242 g/mol. The zero-order chi connectivity index (χ0) is 12.6. The topological polar surface area (TPSA) is 102 Å². The molecule has 17 heavy (non-hydrogen) atoms. The molecule has 2 heterocycles. The Labute approximate surface area is 97.7 Å². The molecule has 3 atom stereocenters. The van der Waals surface area contributed by atoms with Gasteiger partial charge in [-0.2, -0.15) is 13.9 Å². The highest BCUT2D eigenvalue weighted by Gasteiger charge is 2.38. The van der Waals surface area contributed by atoms with E-state index in [0.29, 0.717) is 5.82 Å². The SMILES string of the molecule is Cn1c(N)cc[n+]([C@H]2C[C@H](O)[C@@H](CO)O2)c1=O. The maximum atomic E-state index is 11.9. The van der Waals surface area contributed by atoms with Crippen molar-refractivity contribution >= 4 is 5.82 Å². The van der Waals surface area contributed by atoms with Crippen LogP contribution in [0.25, 0.3) is 0 Å². The van der Waals surface area contributed by atoms with Gasteiger partial charge in [0.25, 0.3) is 0 Å². The Hall–Kier alpha value is -1.44. The fourth-order valence-electron chi connectivity index (χ4n) is 1.89. The number of aliphatic hydroxyl groups is 2. The van der Waals surface area contributed by atoms with E-state index in [1.54, 1.807) is 13.1 Å². The van der Waals surface area contributed by atoms with E-state index in [4.69, 9.17) is 15.6 Å². The minimum atomic E-state index is -0.764. The number of nitrogens with zero attached hydrogens (tertiary/aromatic N) is 2. The van der Waals surface area contributed by atoms with Gasteiger partial charge in [-0.15, -0.1) is 0 Å². The predicted octanol–water partition coefficient (Wildman–Crippen LogP) is -2.10. The molecule has 0 unspecified atom stereocenters. The molecular weight excluding hydrogens is 226 g/mol. The minimum Gasteiger partial charge on any atom is -0.394 e. The fraction of sp³-hybridized carbons (Fsp3) is 0.600. The van der Waals surface area contributed by atoms with E-state index in [1.165, 1.54) is 15.3 Å². The van der Waals surface area contributed by atoms with Crippen molar-refractivity contribution < 1.29 is 19.5 Å². The molecule has 0 amide bonds. The normalized spacial score (nSPS) is 28.5. The van der Waals surface area contributed by atoms with Crippen molar-refractivity contribution in [3.05, 3.63) is 22.7 Å². The molecule has 4 N–H and O–H groups in total. The molecular formula is C10H16N3O4+. The van der Waals surface area contributed by atoms with Crippen LogP contribution in [0.4, 0.5) is 5.82 Å². The number of nitrogen functional groups attached to an aromatic ring is 1. The van der Waals surface area contributed by atoms with Crippen LogP contribution in [0, 0.1) is 0 Å². The van der Waals surface area contributed by atoms with Gasteiger partial charge in [0, 0.05) is 12.5 Å². The Balaban J connectivity index is 2.31. The van der Waals surface area contributed by atoms with Crippen LogP contribution in [0.5, 0.6) is 0 Å². The van der Waals surface area contributed by atoms with Gasteiger partial charge in [0.05, 0.1) is 19.8 Å². The molecule has 94 valence electrons. The summed E-state index contributed by atoms with van der Waals surface area (Å²) in [5.41, 5.74) is 5.27. The largest absolute Gasteiger partial charge is 0.501 e. The predicted molar refractivity (Wildman–Crippen MR) is 57.9 cm³/mol. The van der Waals surface area contributed by atoms with E-state index in [2.05, 4.69) is 0 Å². The first-order chi connectivity index (χ1) is 8.04. The lowest BCUT2D eigenvalue weighted by molar-refractivity contribution is -0.775. The van der Waals surface area contributed by atoms with E-state index in [0.717, 1.165) is 0 Å². The van der Waals surface area contributed by atoms with Gasteiger partial charge in [-0.05, 0) is 0 Å². The third-order valence-corrected chi connectivity index (χ3v) is 3.00. The molecule has 2 rings (SSSR count). The van der Waals surface area contributed by atoms with Crippen LogP contribution < -0.4 is 16.0 Å². The summed E-state index contributed by atoms with van der Waals surface area (Å²) in [4.78, 5) is 11.9. The monoisotopic (exact) mass is 242 g/mol. The van der Waals surface area contributed by atoms with Crippen LogP contribution in [0.3, 0.4) is 0 Å². The van der Waals surface area contributed by atoms with Crippen molar-refractivity contribution in [2.45, 2.75) is 24.9 Å². The molecule has 0 radical (unpaired) electrons. The van der Waals surface area contributed by atoms with Crippen molar-refractivity contribution in [3.63, 3.8) is 0 Å². The van der Waals surface area contributed by atoms with Crippen molar-refractivity contribution in [1.82, 2.24) is 4.57 Å². The number of nitrogens with two attached hydrogens (primary N) is 1. The summed E-state index contributed by atoms with van der Waals surface area (Å²) < 4.78 is 8.04. The Morgan fingerprint density at radius 1 is 1.71 bits per heavy atom. The first-order valence-corrected chi connectivity index (χ1v) is 5.35. The summed E-state index contributed by atoms with van der Waals surface area (Å²) in [7, 11) is 1.56. The van der Waals surface area contributed by atoms with E-state index in [1.807, 2.05) is 0 Å². The highest BCUT2D eigenvalue weighted by molar-refractivity contribution is 5.24. The first-order valence-electron chi connectivity index (χ1n) is 5.35. The average Bonchev–Trinajstić information content (AvgIpc) is 2.67. The molecule has 1 aliphatic heterocycles. The Kier molecular flexibility index (Phi) is 3.14. The molecule has 0 saturated carbocycles. The Morgan fingerprint density at radius 3 is 3.00 bits per heavy atom. The molecule has 1 aromatic heterocycles. The van der Waals surface area contributed by atoms with Gasteiger partial charge in [0.2, 0.25) is 6.23 Å². The highest BCUT2D eigenvalue weighted by atomic mass is 16.5. The number of rotatable bonds is 2. The minimum absolute atomic E-state index is 0.270. The lowest BCUT2D eigenvalue weighted by Gasteiger charge is -2.10. The van der Waals surface area contributed by atoms with Gasteiger partial charge in [-0.1, -0.05) is 0 Å². The Morgan fingerprint density at radius 2 is 2.41 bits per heavy atom.